The Morgan fingerprint density at radius 2 is 1.31 bits per heavy atom. The van der Waals surface area contributed by atoms with Crippen LogP contribution in [-0.2, 0) is 9.47 Å². The van der Waals surface area contributed by atoms with Gasteiger partial charge in [-0.3, -0.25) is 0 Å². The van der Waals surface area contributed by atoms with Crippen molar-refractivity contribution in [3.63, 3.8) is 0 Å². The first-order chi connectivity index (χ1) is 24.0. The van der Waals surface area contributed by atoms with E-state index < -0.39 is 66.1 Å². The molecule has 0 aliphatic heterocycles. The molecule has 0 aliphatic carbocycles. The molecular weight excluding hydrogens is 699 g/mol. The second-order valence-corrected chi connectivity index (χ2v) is 11.7. The van der Waals surface area contributed by atoms with Crippen molar-refractivity contribution >= 4 is 11.9 Å². The summed E-state index contributed by atoms with van der Waals surface area (Å²) in [6, 6.07) is 14.7. The molecule has 0 aromatic heterocycles. The van der Waals surface area contributed by atoms with Crippen LogP contribution in [0.25, 0.3) is 11.1 Å². The first kappa shape index (κ1) is 41.2. The maximum Gasteiger partial charge on any atom is 0.459 e. The van der Waals surface area contributed by atoms with Crippen LogP contribution in [-0.4, -0.2) is 55.9 Å². The zero-order valence-electron chi connectivity index (χ0n) is 27.8. The standard InChI is InChI=1S/C36H37F9O6/c1-3-4-5-6-9-23(2)50-32(46)26-12-10-24(11-13-26)25-14-16-27(17-15-25)51-33(47)28-18-19-29(31(38)30(28)37)49-21-8-7-20-48-22-34(39,40)35(41,42)36(43,44)45/h10-19,23H,3-9,20-22H2,1-2H3. The molecule has 1 atom stereocenters. The molecule has 1 unspecified atom stereocenters. The van der Waals surface area contributed by atoms with Gasteiger partial charge in [0.25, 0.3) is 0 Å². The summed E-state index contributed by atoms with van der Waals surface area (Å²) in [5.41, 5.74) is 1.12. The fraction of sp³-hybridized carbons (Fsp3) is 0.444. The summed E-state index contributed by atoms with van der Waals surface area (Å²) < 4.78 is 138. The molecule has 0 saturated carbocycles. The highest BCUT2D eigenvalue weighted by atomic mass is 19.4. The Labute approximate surface area is 288 Å². The van der Waals surface area contributed by atoms with E-state index in [-0.39, 0.29) is 31.3 Å². The van der Waals surface area contributed by atoms with E-state index in [1.165, 1.54) is 12.1 Å². The summed E-state index contributed by atoms with van der Waals surface area (Å²) in [4.78, 5) is 25.1. The quantitative estimate of drug-likeness (QED) is 0.0528. The minimum atomic E-state index is -6.47. The number of unbranched alkanes of at least 4 members (excludes halogenated alkanes) is 4. The van der Waals surface area contributed by atoms with Gasteiger partial charge in [-0.15, -0.1) is 0 Å². The number of hydrogen-bond donors (Lipinski definition) is 0. The van der Waals surface area contributed by atoms with Crippen LogP contribution in [0.3, 0.4) is 0 Å². The third kappa shape index (κ3) is 11.4. The molecule has 15 heteroatoms. The highest BCUT2D eigenvalue weighted by Gasteiger charge is 2.73. The number of alkyl halides is 7. The van der Waals surface area contributed by atoms with Crippen molar-refractivity contribution in [3.05, 3.63) is 83.4 Å². The lowest BCUT2D eigenvalue weighted by Crippen LogP contribution is -2.54. The molecule has 51 heavy (non-hydrogen) atoms. The number of carbonyl (C=O) groups is 2. The molecule has 0 fully saturated rings. The van der Waals surface area contributed by atoms with E-state index in [0.29, 0.717) is 11.1 Å². The summed E-state index contributed by atoms with van der Waals surface area (Å²) in [5, 5.41) is 0. The molecule has 6 nitrogen and oxygen atoms in total. The Morgan fingerprint density at radius 1 is 0.706 bits per heavy atom. The Hall–Kier alpha value is -4.27. The van der Waals surface area contributed by atoms with Crippen molar-refractivity contribution in [2.45, 2.75) is 82.9 Å². The summed E-state index contributed by atoms with van der Waals surface area (Å²) in [6.07, 6.45) is -1.75. The molecule has 3 aromatic rings. The molecule has 3 rings (SSSR count). The Kier molecular flexibility index (Phi) is 14.8. The second kappa shape index (κ2) is 18.3. The van der Waals surface area contributed by atoms with Crippen LogP contribution in [0.2, 0.25) is 0 Å². The van der Waals surface area contributed by atoms with Crippen molar-refractivity contribution < 1.29 is 68.1 Å². The van der Waals surface area contributed by atoms with Crippen molar-refractivity contribution in [2.75, 3.05) is 19.8 Å². The van der Waals surface area contributed by atoms with Crippen LogP contribution in [0.4, 0.5) is 39.5 Å². The lowest BCUT2D eigenvalue weighted by molar-refractivity contribution is -0.361. The van der Waals surface area contributed by atoms with Gasteiger partial charge in [-0.05, 0) is 80.1 Å². The molecule has 3 aromatic carbocycles. The maximum absolute atomic E-state index is 14.7. The Morgan fingerprint density at radius 3 is 1.92 bits per heavy atom. The predicted octanol–water partition coefficient (Wildman–Crippen LogP) is 10.4. The van der Waals surface area contributed by atoms with Crippen molar-refractivity contribution in [1.29, 1.82) is 0 Å². The molecule has 0 amide bonds. The molecule has 0 saturated heterocycles. The van der Waals surface area contributed by atoms with Gasteiger partial charge in [-0.25, -0.2) is 14.0 Å². The summed E-state index contributed by atoms with van der Waals surface area (Å²) in [5.74, 6) is -17.1. The molecule has 0 radical (unpaired) electrons. The molecule has 0 heterocycles. The van der Waals surface area contributed by atoms with Crippen molar-refractivity contribution in [3.8, 4) is 22.6 Å². The monoisotopic (exact) mass is 736 g/mol. The van der Waals surface area contributed by atoms with Crippen LogP contribution in [0.5, 0.6) is 11.5 Å². The lowest BCUT2D eigenvalue weighted by atomic mass is 10.0. The molecular formula is C36H37F9O6. The SMILES string of the molecule is CCCCCCC(C)OC(=O)c1ccc(-c2ccc(OC(=O)c3ccc(OCCCCOCC(F)(F)C(F)(F)C(F)(F)F)c(F)c3F)cc2)cc1. The van der Waals surface area contributed by atoms with Crippen molar-refractivity contribution in [1.82, 2.24) is 0 Å². The average molecular weight is 737 g/mol. The number of halogens is 9. The topological polar surface area (TPSA) is 71.1 Å². The zero-order valence-corrected chi connectivity index (χ0v) is 27.8. The zero-order chi connectivity index (χ0) is 37.8. The predicted molar refractivity (Wildman–Crippen MR) is 168 cm³/mol. The number of rotatable bonds is 19. The van der Waals surface area contributed by atoms with Gasteiger partial charge < -0.3 is 18.9 Å². The smallest absolute Gasteiger partial charge is 0.459 e. The first-order valence-corrected chi connectivity index (χ1v) is 16.1. The first-order valence-electron chi connectivity index (χ1n) is 16.1. The van der Waals surface area contributed by atoms with E-state index in [0.717, 1.165) is 49.8 Å². The molecule has 0 N–H and O–H groups in total. The number of ether oxygens (including phenoxy) is 4. The molecule has 280 valence electrons. The van der Waals surface area contributed by atoms with Gasteiger partial charge in [-0.2, -0.15) is 35.1 Å². The molecule has 0 spiro atoms. The van der Waals surface area contributed by atoms with Crippen LogP contribution < -0.4 is 9.47 Å². The maximum atomic E-state index is 14.7. The third-order valence-electron chi connectivity index (χ3n) is 7.60. The number of carbonyl (C=O) groups excluding carboxylic acids is 2. The van der Waals surface area contributed by atoms with Crippen LogP contribution in [0.1, 0.15) is 79.5 Å². The molecule has 0 bridgehead atoms. The normalized spacial score (nSPS) is 12.8. The fourth-order valence-electron chi connectivity index (χ4n) is 4.63. The van der Waals surface area contributed by atoms with E-state index in [2.05, 4.69) is 11.7 Å². The largest absolute Gasteiger partial charge is 0.490 e. The number of hydrogen-bond acceptors (Lipinski definition) is 6. The van der Waals surface area contributed by atoms with E-state index in [1.54, 1.807) is 36.4 Å². The fourth-order valence-corrected chi connectivity index (χ4v) is 4.63. The van der Waals surface area contributed by atoms with Gasteiger partial charge in [0.05, 0.1) is 23.8 Å². The van der Waals surface area contributed by atoms with Gasteiger partial charge in [0.1, 0.15) is 12.4 Å². The van der Waals surface area contributed by atoms with E-state index >= 15 is 0 Å². The second-order valence-electron chi connectivity index (χ2n) is 11.7. The van der Waals surface area contributed by atoms with Crippen LogP contribution in [0.15, 0.2) is 60.7 Å². The van der Waals surface area contributed by atoms with Crippen molar-refractivity contribution in [2.24, 2.45) is 0 Å². The van der Waals surface area contributed by atoms with Gasteiger partial charge in [-0.1, -0.05) is 50.5 Å². The van der Waals surface area contributed by atoms with E-state index in [4.69, 9.17) is 14.2 Å². The van der Waals surface area contributed by atoms with Gasteiger partial charge in [0.15, 0.2) is 11.6 Å². The number of esters is 2. The Bertz CT molecular complexity index is 1580. The van der Waals surface area contributed by atoms with E-state index in [9.17, 15) is 49.1 Å². The third-order valence-corrected chi connectivity index (χ3v) is 7.60. The summed E-state index contributed by atoms with van der Waals surface area (Å²) in [6.45, 7) is 0.820. The van der Waals surface area contributed by atoms with Gasteiger partial charge in [0, 0.05) is 6.61 Å². The van der Waals surface area contributed by atoms with Gasteiger partial charge in [0.2, 0.25) is 5.82 Å². The number of benzene rings is 3. The highest BCUT2D eigenvalue weighted by Crippen LogP contribution is 2.46. The molecule has 0 aliphatic rings. The van der Waals surface area contributed by atoms with E-state index in [1.807, 2.05) is 6.92 Å². The van der Waals surface area contributed by atoms with Gasteiger partial charge >= 0.3 is 30.0 Å². The summed E-state index contributed by atoms with van der Waals surface area (Å²) in [7, 11) is 0. The lowest BCUT2D eigenvalue weighted by Gasteiger charge is -2.27. The Balaban J connectivity index is 1.47. The summed E-state index contributed by atoms with van der Waals surface area (Å²) >= 11 is 0. The average Bonchev–Trinajstić information content (AvgIpc) is 3.07. The highest BCUT2D eigenvalue weighted by molar-refractivity contribution is 5.92. The minimum absolute atomic E-state index is 0.0270. The minimum Gasteiger partial charge on any atom is -0.490 e. The van der Waals surface area contributed by atoms with Crippen LogP contribution >= 0.6 is 0 Å². The van der Waals surface area contributed by atoms with Crippen LogP contribution in [0, 0.1) is 11.6 Å².